The largest absolute Gasteiger partial charge is 0.252 e. The molecule has 0 amide bonds. The van der Waals surface area contributed by atoms with E-state index in [1.54, 1.807) is 16.8 Å². The first-order chi connectivity index (χ1) is 5.88. The van der Waals surface area contributed by atoms with Gasteiger partial charge in [0.2, 0.25) is 0 Å². The Balaban J connectivity index is 2.55. The van der Waals surface area contributed by atoms with Crippen molar-refractivity contribution in [2.75, 3.05) is 0 Å². The summed E-state index contributed by atoms with van der Waals surface area (Å²) in [6, 6.07) is 7.78. The summed E-state index contributed by atoms with van der Waals surface area (Å²) < 4.78 is 0. The number of thiazole rings is 1. The number of benzene rings is 1. The fraction of sp³-hybridized carbons (Fsp3) is 0. The summed E-state index contributed by atoms with van der Waals surface area (Å²) in [7, 11) is 0. The summed E-state index contributed by atoms with van der Waals surface area (Å²) in [6.45, 7) is 0. The topological polar surface area (TPSA) is 12.9 Å². The van der Waals surface area contributed by atoms with Crippen molar-refractivity contribution in [3.05, 3.63) is 41.0 Å². The number of nitrogens with zero attached hydrogens (tertiary/aromatic N) is 1. The van der Waals surface area contributed by atoms with Crippen LogP contribution in [0.2, 0.25) is 5.02 Å². The number of halogens is 1. The van der Waals surface area contributed by atoms with Gasteiger partial charge in [0.05, 0.1) is 10.4 Å². The lowest BCUT2D eigenvalue weighted by Gasteiger charge is -1.97. The van der Waals surface area contributed by atoms with E-state index in [9.17, 15) is 0 Å². The highest BCUT2D eigenvalue weighted by molar-refractivity contribution is 7.13. The van der Waals surface area contributed by atoms with Crippen LogP contribution in [0.1, 0.15) is 0 Å². The minimum atomic E-state index is 0.779. The fourth-order valence-electron chi connectivity index (χ4n) is 1.01. The highest BCUT2D eigenvalue weighted by Crippen LogP contribution is 2.29. The zero-order valence-corrected chi connectivity index (χ0v) is 7.77. The first-order valence-electron chi connectivity index (χ1n) is 3.51. The van der Waals surface area contributed by atoms with Gasteiger partial charge in [-0.1, -0.05) is 29.8 Å². The van der Waals surface area contributed by atoms with Crippen LogP contribution in [0.5, 0.6) is 0 Å². The summed E-state index contributed by atoms with van der Waals surface area (Å²) in [5.74, 6) is 0. The number of rotatable bonds is 1. The van der Waals surface area contributed by atoms with Crippen LogP contribution in [0.15, 0.2) is 36.0 Å². The number of hydrogen-bond donors (Lipinski definition) is 0. The molecule has 0 atom stereocenters. The molecule has 12 heavy (non-hydrogen) atoms. The number of aromatic nitrogens is 1. The molecule has 0 radical (unpaired) electrons. The molecule has 0 spiro atoms. The van der Waals surface area contributed by atoms with Crippen LogP contribution in [-0.2, 0) is 0 Å². The van der Waals surface area contributed by atoms with Gasteiger partial charge in [0.1, 0.15) is 0 Å². The van der Waals surface area contributed by atoms with Crippen LogP contribution in [0, 0.1) is 0 Å². The monoisotopic (exact) mass is 195 g/mol. The van der Waals surface area contributed by atoms with Gasteiger partial charge in [-0.2, -0.15) is 0 Å². The van der Waals surface area contributed by atoms with Crippen molar-refractivity contribution in [1.82, 2.24) is 4.98 Å². The molecule has 0 aliphatic carbocycles. The van der Waals surface area contributed by atoms with Gasteiger partial charge in [0.15, 0.2) is 0 Å². The van der Waals surface area contributed by atoms with Crippen LogP contribution in [0.25, 0.3) is 10.4 Å². The molecular formula is C9H6ClNS. The molecule has 1 heterocycles. The average Bonchev–Trinajstić information content (AvgIpc) is 2.57. The Kier molecular flexibility index (Phi) is 2.11. The Bertz CT molecular complexity index is 370. The Labute approximate surface area is 79.7 Å². The quantitative estimate of drug-likeness (QED) is 0.679. The Hall–Kier alpha value is -0.860. The highest BCUT2D eigenvalue weighted by atomic mass is 35.5. The average molecular weight is 196 g/mol. The van der Waals surface area contributed by atoms with Crippen molar-refractivity contribution in [3.8, 4) is 10.4 Å². The van der Waals surface area contributed by atoms with Gasteiger partial charge < -0.3 is 0 Å². The zero-order valence-electron chi connectivity index (χ0n) is 6.20. The van der Waals surface area contributed by atoms with Gasteiger partial charge in [-0.15, -0.1) is 11.3 Å². The third kappa shape index (κ3) is 1.36. The lowest BCUT2D eigenvalue weighted by molar-refractivity contribution is 1.42. The second kappa shape index (κ2) is 3.25. The smallest absolute Gasteiger partial charge is 0.0797 e. The van der Waals surface area contributed by atoms with E-state index < -0.39 is 0 Å². The highest BCUT2D eigenvalue weighted by Gasteiger charge is 2.02. The molecule has 0 saturated heterocycles. The van der Waals surface area contributed by atoms with Crippen LogP contribution in [0.3, 0.4) is 0 Å². The number of hydrogen-bond acceptors (Lipinski definition) is 2. The predicted molar refractivity (Wildman–Crippen MR) is 52.6 cm³/mol. The first kappa shape index (κ1) is 7.77. The van der Waals surface area contributed by atoms with Gasteiger partial charge in [0, 0.05) is 16.8 Å². The SMILES string of the molecule is Clc1ccccc1-c1cncs1. The van der Waals surface area contributed by atoms with E-state index in [1.807, 2.05) is 30.5 Å². The molecule has 0 aliphatic heterocycles. The Morgan fingerprint density at radius 1 is 1.25 bits per heavy atom. The zero-order chi connectivity index (χ0) is 8.39. The molecule has 1 aromatic heterocycles. The van der Waals surface area contributed by atoms with Crippen LogP contribution >= 0.6 is 22.9 Å². The standard InChI is InChI=1S/C9H6ClNS/c10-8-4-2-1-3-7(8)9-5-11-6-12-9/h1-6H. The first-order valence-corrected chi connectivity index (χ1v) is 4.77. The molecule has 0 saturated carbocycles. The molecule has 60 valence electrons. The van der Waals surface area contributed by atoms with Crippen molar-refractivity contribution in [2.45, 2.75) is 0 Å². The normalized spacial score (nSPS) is 10.1. The third-order valence-electron chi connectivity index (χ3n) is 1.57. The second-order valence-electron chi connectivity index (χ2n) is 2.35. The molecule has 0 fully saturated rings. The summed E-state index contributed by atoms with van der Waals surface area (Å²) in [5, 5.41) is 0.779. The van der Waals surface area contributed by atoms with E-state index in [0.29, 0.717) is 0 Å². The lowest BCUT2D eigenvalue weighted by atomic mass is 10.2. The molecule has 0 aliphatic rings. The minimum absolute atomic E-state index is 0.779. The van der Waals surface area contributed by atoms with Crippen LogP contribution in [0.4, 0.5) is 0 Å². The second-order valence-corrected chi connectivity index (χ2v) is 3.64. The molecule has 1 nitrogen and oxygen atoms in total. The fourth-order valence-corrected chi connectivity index (χ4v) is 1.97. The molecule has 0 bridgehead atoms. The van der Waals surface area contributed by atoms with Gasteiger partial charge in [-0.25, -0.2) is 0 Å². The van der Waals surface area contributed by atoms with E-state index in [4.69, 9.17) is 11.6 Å². The van der Waals surface area contributed by atoms with E-state index in [1.165, 1.54) is 0 Å². The van der Waals surface area contributed by atoms with Crippen molar-refractivity contribution < 1.29 is 0 Å². The summed E-state index contributed by atoms with van der Waals surface area (Å²) in [6.07, 6.45) is 1.83. The van der Waals surface area contributed by atoms with Crippen LogP contribution < -0.4 is 0 Å². The van der Waals surface area contributed by atoms with Crippen molar-refractivity contribution in [1.29, 1.82) is 0 Å². The van der Waals surface area contributed by atoms with E-state index in [2.05, 4.69) is 4.98 Å². The summed E-state index contributed by atoms with van der Waals surface area (Å²) in [4.78, 5) is 5.11. The molecule has 2 rings (SSSR count). The van der Waals surface area contributed by atoms with E-state index >= 15 is 0 Å². The minimum Gasteiger partial charge on any atom is -0.252 e. The van der Waals surface area contributed by atoms with Crippen molar-refractivity contribution in [2.24, 2.45) is 0 Å². The van der Waals surface area contributed by atoms with Crippen LogP contribution in [-0.4, -0.2) is 4.98 Å². The van der Waals surface area contributed by atoms with Crippen molar-refractivity contribution >= 4 is 22.9 Å². The predicted octanol–water partition coefficient (Wildman–Crippen LogP) is 3.46. The molecule has 1 aromatic carbocycles. The maximum absolute atomic E-state index is 5.99. The molecule has 2 aromatic rings. The van der Waals surface area contributed by atoms with Crippen molar-refractivity contribution in [3.63, 3.8) is 0 Å². The molecule has 3 heteroatoms. The van der Waals surface area contributed by atoms with E-state index in [0.717, 1.165) is 15.5 Å². The molecule has 0 unspecified atom stereocenters. The van der Waals surface area contributed by atoms with Gasteiger partial charge in [-0.05, 0) is 6.07 Å². The summed E-state index contributed by atoms with van der Waals surface area (Å²) >= 11 is 7.59. The van der Waals surface area contributed by atoms with Gasteiger partial charge >= 0.3 is 0 Å². The Morgan fingerprint density at radius 3 is 2.75 bits per heavy atom. The van der Waals surface area contributed by atoms with Gasteiger partial charge in [-0.3, -0.25) is 4.98 Å². The molecule has 0 N–H and O–H groups in total. The van der Waals surface area contributed by atoms with E-state index in [-0.39, 0.29) is 0 Å². The third-order valence-corrected chi connectivity index (χ3v) is 2.71. The molecular weight excluding hydrogens is 190 g/mol. The Morgan fingerprint density at radius 2 is 2.08 bits per heavy atom. The summed E-state index contributed by atoms with van der Waals surface area (Å²) in [5.41, 5.74) is 2.86. The maximum Gasteiger partial charge on any atom is 0.0797 e. The lowest BCUT2D eigenvalue weighted by Crippen LogP contribution is -1.72. The maximum atomic E-state index is 5.99. The van der Waals surface area contributed by atoms with Gasteiger partial charge in [0.25, 0.3) is 0 Å².